The minimum Gasteiger partial charge on any atom is -0.335 e. The molecule has 0 saturated carbocycles. The summed E-state index contributed by atoms with van der Waals surface area (Å²) in [5.41, 5.74) is 1.63. The van der Waals surface area contributed by atoms with Crippen molar-refractivity contribution < 1.29 is 13.2 Å². The molecule has 1 saturated heterocycles. The van der Waals surface area contributed by atoms with E-state index in [0.717, 1.165) is 18.4 Å². The molecule has 0 spiro atoms. The molecule has 0 radical (unpaired) electrons. The van der Waals surface area contributed by atoms with Gasteiger partial charge in [0.05, 0.1) is 29.8 Å². The minimum atomic E-state index is -3.03. The van der Waals surface area contributed by atoms with E-state index >= 15 is 0 Å². The Hall–Kier alpha value is -2.15. The van der Waals surface area contributed by atoms with E-state index in [4.69, 9.17) is 0 Å². The van der Waals surface area contributed by atoms with Crippen LogP contribution in [0.2, 0.25) is 0 Å². The van der Waals surface area contributed by atoms with Crippen LogP contribution < -0.4 is 0 Å². The van der Waals surface area contributed by atoms with Gasteiger partial charge in [-0.3, -0.25) is 9.48 Å². The van der Waals surface area contributed by atoms with Crippen molar-refractivity contribution in [1.82, 2.24) is 14.7 Å². The molecule has 1 aliphatic heterocycles. The third-order valence-corrected chi connectivity index (χ3v) is 6.48. The normalized spacial score (nSPS) is 18.7. The monoisotopic (exact) mass is 375 g/mol. The maximum atomic E-state index is 13.0. The van der Waals surface area contributed by atoms with Crippen molar-refractivity contribution in [3.8, 4) is 0 Å². The topological polar surface area (TPSA) is 72.3 Å². The number of rotatable bonds is 7. The second kappa shape index (κ2) is 8.03. The fourth-order valence-corrected chi connectivity index (χ4v) is 5.03. The summed E-state index contributed by atoms with van der Waals surface area (Å²) in [5, 5.41) is 4.30. The van der Waals surface area contributed by atoms with Crippen LogP contribution in [0.25, 0.3) is 0 Å². The molecule has 1 fully saturated rings. The lowest BCUT2D eigenvalue weighted by Gasteiger charge is -2.27. The molecule has 0 N–H and O–H groups in total. The van der Waals surface area contributed by atoms with Gasteiger partial charge in [0.15, 0.2) is 9.84 Å². The third-order valence-electron chi connectivity index (χ3n) is 4.73. The number of aromatic nitrogens is 2. The molecule has 3 rings (SSSR count). The van der Waals surface area contributed by atoms with E-state index in [1.165, 1.54) is 0 Å². The molecule has 0 aliphatic carbocycles. The SMILES string of the molecule is CCCCN(C(=O)c1cnn(Cc2ccccc2)c1)C1CCS(=O)(=O)C1. The van der Waals surface area contributed by atoms with E-state index < -0.39 is 9.84 Å². The Labute approximate surface area is 154 Å². The van der Waals surface area contributed by atoms with Crippen LogP contribution in [-0.4, -0.2) is 53.1 Å². The first-order chi connectivity index (χ1) is 12.5. The molecule has 1 atom stereocenters. The van der Waals surface area contributed by atoms with Crippen LogP contribution in [0.3, 0.4) is 0 Å². The van der Waals surface area contributed by atoms with Gasteiger partial charge in [-0.25, -0.2) is 8.42 Å². The highest BCUT2D eigenvalue weighted by Gasteiger charge is 2.35. The van der Waals surface area contributed by atoms with E-state index in [-0.39, 0.29) is 23.5 Å². The number of unbranched alkanes of at least 4 members (excludes halogenated alkanes) is 1. The summed E-state index contributed by atoms with van der Waals surface area (Å²) < 4.78 is 25.4. The Balaban J connectivity index is 1.74. The highest BCUT2D eigenvalue weighted by molar-refractivity contribution is 7.91. The molecule has 1 aliphatic rings. The zero-order chi connectivity index (χ0) is 18.6. The Kier molecular flexibility index (Phi) is 5.76. The summed E-state index contributed by atoms with van der Waals surface area (Å²) in [7, 11) is -3.03. The molecule has 1 aromatic carbocycles. The maximum Gasteiger partial charge on any atom is 0.257 e. The lowest BCUT2D eigenvalue weighted by atomic mass is 10.1. The molecule has 1 aromatic heterocycles. The summed E-state index contributed by atoms with van der Waals surface area (Å²) in [4.78, 5) is 14.7. The predicted molar refractivity (Wildman–Crippen MR) is 101 cm³/mol. The Morgan fingerprint density at radius 3 is 2.73 bits per heavy atom. The van der Waals surface area contributed by atoms with Gasteiger partial charge in [-0.1, -0.05) is 43.7 Å². The summed E-state index contributed by atoms with van der Waals surface area (Å²) in [6.07, 6.45) is 5.66. The lowest BCUT2D eigenvalue weighted by Crippen LogP contribution is -2.41. The third kappa shape index (κ3) is 4.52. The largest absolute Gasteiger partial charge is 0.335 e. The average molecular weight is 375 g/mol. The number of carbonyl (C=O) groups excluding carboxylic acids is 1. The molecule has 1 amide bonds. The van der Waals surface area contributed by atoms with Crippen molar-refractivity contribution in [2.45, 2.75) is 38.8 Å². The number of benzene rings is 1. The quantitative estimate of drug-likeness (QED) is 0.745. The van der Waals surface area contributed by atoms with Crippen LogP contribution in [0.1, 0.15) is 42.1 Å². The number of sulfone groups is 1. The average Bonchev–Trinajstić information content (AvgIpc) is 3.22. The highest BCUT2D eigenvalue weighted by atomic mass is 32.2. The van der Waals surface area contributed by atoms with E-state index in [0.29, 0.717) is 25.1 Å². The Bertz CT molecular complexity index is 846. The smallest absolute Gasteiger partial charge is 0.257 e. The van der Waals surface area contributed by atoms with Gasteiger partial charge in [0.25, 0.3) is 5.91 Å². The number of hydrogen-bond acceptors (Lipinski definition) is 4. The number of carbonyl (C=O) groups is 1. The van der Waals surface area contributed by atoms with Crippen molar-refractivity contribution >= 4 is 15.7 Å². The standard InChI is InChI=1S/C19H25N3O3S/c1-2-3-10-22(18-9-11-26(24,25)15-18)19(23)17-12-20-21(14-17)13-16-7-5-4-6-8-16/h4-8,12,14,18H,2-3,9-11,13,15H2,1H3. The second-order valence-corrected chi connectivity index (χ2v) is 9.05. The van der Waals surface area contributed by atoms with Gasteiger partial charge in [-0.15, -0.1) is 0 Å². The minimum absolute atomic E-state index is 0.0700. The maximum absolute atomic E-state index is 13.0. The zero-order valence-electron chi connectivity index (χ0n) is 15.0. The molecular formula is C19H25N3O3S. The fraction of sp³-hybridized carbons (Fsp3) is 0.474. The van der Waals surface area contributed by atoms with E-state index in [9.17, 15) is 13.2 Å². The van der Waals surface area contributed by atoms with Gasteiger partial charge >= 0.3 is 0 Å². The highest BCUT2D eigenvalue weighted by Crippen LogP contribution is 2.20. The van der Waals surface area contributed by atoms with Gasteiger partial charge in [-0.05, 0) is 18.4 Å². The summed E-state index contributed by atoms with van der Waals surface area (Å²) >= 11 is 0. The van der Waals surface area contributed by atoms with Crippen LogP contribution in [0.15, 0.2) is 42.7 Å². The molecule has 0 bridgehead atoms. The summed E-state index contributed by atoms with van der Waals surface area (Å²) in [6.45, 7) is 3.24. The van der Waals surface area contributed by atoms with E-state index in [2.05, 4.69) is 12.0 Å². The lowest BCUT2D eigenvalue weighted by molar-refractivity contribution is 0.0694. The van der Waals surface area contributed by atoms with Crippen LogP contribution in [0, 0.1) is 0 Å². The molecule has 26 heavy (non-hydrogen) atoms. The van der Waals surface area contributed by atoms with Crippen molar-refractivity contribution in [2.24, 2.45) is 0 Å². The van der Waals surface area contributed by atoms with E-state index in [1.54, 1.807) is 22.0 Å². The molecule has 1 unspecified atom stereocenters. The van der Waals surface area contributed by atoms with Gasteiger partial charge in [0.1, 0.15) is 0 Å². The predicted octanol–water partition coefficient (Wildman–Crippen LogP) is 2.36. The van der Waals surface area contributed by atoms with Gasteiger partial charge in [0, 0.05) is 18.8 Å². The first-order valence-corrected chi connectivity index (χ1v) is 10.9. The Morgan fingerprint density at radius 1 is 1.31 bits per heavy atom. The number of hydrogen-bond donors (Lipinski definition) is 0. The molecule has 2 aromatic rings. The van der Waals surface area contributed by atoms with E-state index in [1.807, 2.05) is 30.3 Å². The summed E-state index contributed by atoms with van der Waals surface area (Å²) in [5.74, 6) is 0.112. The molecule has 6 nitrogen and oxygen atoms in total. The first-order valence-electron chi connectivity index (χ1n) is 9.06. The first kappa shape index (κ1) is 18.6. The molecule has 140 valence electrons. The fourth-order valence-electron chi connectivity index (χ4n) is 3.30. The summed E-state index contributed by atoms with van der Waals surface area (Å²) in [6, 6.07) is 9.70. The zero-order valence-corrected chi connectivity index (χ0v) is 15.9. The van der Waals surface area contributed by atoms with Crippen molar-refractivity contribution in [1.29, 1.82) is 0 Å². The molecular weight excluding hydrogens is 350 g/mol. The van der Waals surface area contributed by atoms with Gasteiger partial charge < -0.3 is 4.90 Å². The number of nitrogens with zero attached hydrogens (tertiary/aromatic N) is 3. The van der Waals surface area contributed by atoms with Crippen molar-refractivity contribution in [3.05, 3.63) is 53.9 Å². The number of amides is 1. The van der Waals surface area contributed by atoms with Crippen LogP contribution in [0.4, 0.5) is 0 Å². The second-order valence-electron chi connectivity index (χ2n) is 6.82. The Morgan fingerprint density at radius 2 is 2.08 bits per heavy atom. The van der Waals surface area contributed by atoms with Crippen LogP contribution in [0.5, 0.6) is 0 Å². The molecule has 7 heteroatoms. The van der Waals surface area contributed by atoms with Crippen molar-refractivity contribution in [2.75, 3.05) is 18.1 Å². The van der Waals surface area contributed by atoms with Gasteiger partial charge in [0.2, 0.25) is 0 Å². The van der Waals surface area contributed by atoms with Gasteiger partial charge in [-0.2, -0.15) is 5.10 Å². The van der Waals surface area contributed by atoms with Crippen molar-refractivity contribution in [3.63, 3.8) is 0 Å². The van der Waals surface area contributed by atoms with Crippen LogP contribution >= 0.6 is 0 Å². The molecule has 2 heterocycles. The van der Waals surface area contributed by atoms with Crippen LogP contribution in [-0.2, 0) is 16.4 Å².